The van der Waals surface area contributed by atoms with Crippen molar-refractivity contribution in [2.75, 3.05) is 31.1 Å². The number of halogens is 1. The number of rotatable bonds is 3. The van der Waals surface area contributed by atoms with Crippen molar-refractivity contribution in [2.24, 2.45) is 0 Å². The molecule has 0 radical (unpaired) electrons. The molecule has 4 aromatic rings. The fraction of sp³-hybridized carbons (Fsp3) is 0.273. The van der Waals surface area contributed by atoms with Crippen molar-refractivity contribution in [3.63, 3.8) is 0 Å². The summed E-state index contributed by atoms with van der Waals surface area (Å²) in [6.07, 6.45) is 1.72. The largest absolute Gasteiger partial charge is 0.423 e. The lowest BCUT2D eigenvalue weighted by Gasteiger charge is -2.33. The zero-order valence-electron chi connectivity index (χ0n) is 15.7. The molecular weight excluding hydrogens is 355 g/mol. The van der Waals surface area contributed by atoms with Crippen LogP contribution in [0.25, 0.3) is 22.0 Å². The van der Waals surface area contributed by atoms with Gasteiger partial charge in [-0.05, 0) is 48.4 Å². The van der Waals surface area contributed by atoms with E-state index in [-0.39, 0.29) is 5.82 Å². The molecule has 1 saturated heterocycles. The molecule has 0 spiro atoms. The molecule has 1 fully saturated rings. The summed E-state index contributed by atoms with van der Waals surface area (Å²) in [5, 5.41) is 0.584. The van der Waals surface area contributed by atoms with E-state index in [1.807, 2.05) is 24.3 Å². The van der Waals surface area contributed by atoms with Crippen molar-refractivity contribution in [1.29, 1.82) is 0 Å². The number of nitrogens with zero attached hydrogens (tertiary/aromatic N) is 4. The minimum absolute atomic E-state index is 0.220. The van der Waals surface area contributed by atoms with Crippen molar-refractivity contribution in [3.8, 4) is 0 Å². The number of benzene rings is 2. The topological polar surface area (TPSA) is 45.4 Å². The predicted octanol–water partition coefficient (Wildman–Crippen LogP) is 4.15. The molecule has 0 unspecified atom stereocenters. The number of oxazole rings is 1. The molecule has 28 heavy (non-hydrogen) atoms. The van der Waals surface area contributed by atoms with Crippen LogP contribution in [0.3, 0.4) is 0 Å². The van der Waals surface area contributed by atoms with E-state index in [4.69, 9.17) is 4.42 Å². The summed E-state index contributed by atoms with van der Waals surface area (Å²) >= 11 is 0. The Hall–Kier alpha value is -2.99. The minimum Gasteiger partial charge on any atom is -0.423 e. The van der Waals surface area contributed by atoms with Crippen LogP contribution in [0.2, 0.25) is 0 Å². The van der Waals surface area contributed by atoms with Gasteiger partial charge in [0.25, 0.3) is 6.01 Å². The number of hydrogen-bond donors (Lipinski definition) is 0. The Morgan fingerprint density at radius 1 is 1.07 bits per heavy atom. The SMILES string of the molecule is Cc1ccc2oc(N3CCN(Cc4ccc(F)c5cccnc45)CC3)nc2c1. The fourth-order valence-corrected chi connectivity index (χ4v) is 3.82. The van der Waals surface area contributed by atoms with Gasteiger partial charge in [-0.2, -0.15) is 4.98 Å². The highest BCUT2D eigenvalue weighted by atomic mass is 19.1. The smallest absolute Gasteiger partial charge is 0.298 e. The highest BCUT2D eigenvalue weighted by molar-refractivity contribution is 5.82. The first-order valence-electron chi connectivity index (χ1n) is 9.54. The van der Waals surface area contributed by atoms with Crippen LogP contribution in [-0.4, -0.2) is 41.0 Å². The quantitative estimate of drug-likeness (QED) is 0.538. The van der Waals surface area contributed by atoms with Gasteiger partial charge in [0.15, 0.2) is 5.58 Å². The average molecular weight is 376 g/mol. The Balaban J connectivity index is 1.30. The van der Waals surface area contributed by atoms with Crippen molar-refractivity contribution in [1.82, 2.24) is 14.9 Å². The maximum Gasteiger partial charge on any atom is 0.298 e. The highest BCUT2D eigenvalue weighted by Crippen LogP contribution is 2.25. The number of hydrogen-bond acceptors (Lipinski definition) is 5. The second-order valence-corrected chi connectivity index (χ2v) is 7.34. The van der Waals surface area contributed by atoms with Gasteiger partial charge in [-0.1, -0.05) is 12.1 Å². The van der Waals surface area contributed by atoms with Crippen LogP contribution in [0, 0.1) is 12.7 Å². The summed E-state index contributed by atoms with van der Waals surface area (Å²) in [6, 6.07) is 13.7. The number of pyridine rings is 1. The molecule has 142 valence electrons. The molecule has 0 atom stereocenters. The lowest BCUT2D eigenvalue weighted by Crippen LogP contribution is -2.46. The fourth-order valence-electron chi connectivity index (χ4n) is 3.82. The molecule has 0 aliphatic carbocycles. The normalized spacial score (nSPS) is 15.6. The summed E-state index contributed by atoms with van der Waals surface area (Å²) in [5.41, 5.74) is 4.72. The van der Waals surface area contributed by atoms with E-state index in [1.165, 1.54) is 11.6 Å². The van der Waals surface area contributed by atoms with E-state index in [9.17, 15) is 4.39 Å². The zero-order chi connectivity index (χ0) is 19.1. The molecule has 2 aromatic heterocycles. The minimum atomic E-state index is -0.220. The molecule has 0 saturated carbocycles. The van der Waals surface area contributed by atoms with E-state index in [1.54, 1.807) is 18.3 Å². The zero-order valence-corrected chi connectivity index (χ0v) is 15.7. The monoisotopic (exact) mass is 376 g/mol. The third-order valence-electron chi connectivity index (χ3n) is 5.37. The van der Waals surface area contributed by atoms with E-state index >= 15 is 0 Å². The molecule has 3 heterocycles. The summed E-state index contributed by atoms with van der Waals surface area (Å²) in [4.78, 5) is 13.6. The molecule has 2 aromatic carbocycles. The highest BCUT2D eigenvalue weighted by Gasteiger charge is 2.22. The van der Waals surface area contributed by atoms with Gasteiger partial charge in [0.1, 0.15) is 11.3 Å². The van der Waals surface area contributed by atoms with Crippen molar-refractivity contribution >= 4 is 28.0 Å². The van der Waals surface area contributed by atoms with Crippen LogP contribution >= 0.6 is 0 Å². The summed E-state index contributed by atoms with van der Waals surface area (Å²) < 4.78 is 20.0. The lowest BCUT2D eigenvalue weighted by atomic mass is 10.1. The standard InChI is InChI=1S/C22H21FN4O/c1-15-4-7-20-19(13-15)25-22(28-20)27-11-9-26(10-12-27)14-16-5-6-18(23)17-3-2-8-24-21(16)17/h2-8,13H,9-12,14H2,1H3. The molecular formula is C22H21FN4O. The van der Waals surface area contributed by atoms with Crippen molar-refractivity contribution < 1.29 is 8.81 Å². The molecule has 0 N–H and O–H groups in total. The van der Waals surface area contributed by atoms with Crippen molar-refractivity contribution in [3.05, 3.63) is 65.6 Å². The van der Waals surface area contributed by atoms with Gasteiger partial charge in [0.05, 0.1) is 5.52 Å². The van der Waals surface area contributed by atoms with Gasteiger partial charge >= 0.3 is 0 Å². The van der Waals surface area contributed by atoms with E-state index in [2.05, 4.69) is 26.7 Å². The third-order valence-corrected chi connectivity index (χ3v) is 5.37. The average Bonchev–Trinajstić information content (AvgIpc) is 3.14. The lowest BCUT2D eigenvalue weighted by molar-refractivity contribution is 0.246. The number of anilines is 1. The molecule has 5 rings (SSSR count). The van der Waals surface area contributed by atoms with Gasteiger partial charge in [-0.3, -0.25) is 9.88 Å². The number of aromatic nitrogens is 2. The van der Waals surface area contributed by atoms with Gasteiger partial charge in [-0.25, -0.2) is 4.39 Å². The Morgan fingerprint density at radius 2 is 1.93 bits per heavy atom. The first kappa shape index (κ1) is 17.1. The Bertz CT molecular complexity index is 1150. The Morgan fingerprint density at radius 3 is 2.79 bits per heavy atom. The van der Waals surface area contributed by atoms with Crippen LogP contribution in [0.1, 0.15) is 11.1 Å². The number of aryl methyl sites for hydroxylation is 1. The summed E-state index contributed by atoms with van der Waals surface area (Å²) in [6.45, 7) is 6.29. The van der Waals surface area contributed by atoms with Crippen LogP contribution in [0.5, 0.6) is 0 Å². The number of fused-ring (bicyclic) bond motifs is 2. The first-order chi connectivity index (χ1) is 13.7. The molecule has 1 aliphatic rings. The number of piperazine rings is 1. The van der Waals surface area contributed by atoms with E-state index < -0.39 is 0 Å². The second-order valence-electron chi connectivity index (χ2n) is 7.34. The van der Waals surface area contributed by atoms with Gasteiger partial charge < -0.3 is 9.32 Å². The van der Waals surface area contributed by atoms with E-state index in [0.29, 0.717) is 11.4 Å². The summed E-state index contributed by atoms with van der Waals surface area (Å²) in [5.74, 6) is -0.220. The van der Waals surface area contributed by atoms with Crippen LogP contribution in [0.15, 0.2) is 53.1 Å². The Kier molecular flexibility index (Phi) is 4.20. The second kappa shape index (κ2) is 6.87. The van der Waals surface area contributed by atoms with Crippen LogP contribution in [0.4, 0.5) is 10.4 Å². The molecule has 0 bridgehead atoms. The molecule has 6 heteroatoms. The molecule has 5 nitrogen and oxygen atoms in total. The van der Waals surface area contributed by atoms with Crippen LogP contribution in [-0.2, 0) is 6.54 Å². The first-order valence-corrected chi connectivity index (χ1v) is 9.54. The van der Waals surface area contributed by atoms with Gasteiger partial charge in [-0.15, -0.1) is 0 Å². The maximum absolute atomic E-state index is 14.0. The van der Waals surface area contributed by atoms with Gasteiger partial charge in [0.2, 0.25) is 0 Å². The third kappa shape index (κ3) is 3.10. The van der Waals surface area contributed by atoms with Crippen LogP contribution < -0.4 is 4.90 Å². The maximum atomic E-state index is 14.0. The molecule has 0 amide bonds. The summed E-state index contributed by atoms with van der Waals surface area (Å²) in [7, 11) is 0. The van der Waals surface area contributed by atoms with Crippen molar-refractivity contribution in [2.45, 2.75) is 13.5 Å². The Labute approximate surface area is 162 Å². The predicted molar refractivity (Wildman–Crippen MR) is 108 cm³/mol. The van der Waals surface area contributed by atoms with Gasteiger partial charge in [0, 0.05) is 44.3 Å². The molecule has 1 aliphatic heterocycles. The van der Waals surface area contributed by atoms with E-state index in [0.717, 1.165) is 54.9 Å².